The van der Waals surface area contributed by atoms with E-state index < -0.39 is 0 Å². The molecule has 0 unspecified atom stereocenters. The zero-order valence-electron chi connectivity index (χ0n) is 13.3. The second-order valence-corrected chi connectivity index (χ2v) is 5.91. The van der Waals surface area contributed by atoms with Crippen molar-refractivity contribution in [3.63, 3.8) is 0 Å². The third-order valence-corrected chi connectivity index (χ3v) is 4.17. The molecular weight excluding hydrogens is 294 g/mol. The first kappa shape index (κ1) is 16.9. The summed E-state index contributed by atoms with van der Waals surface area (Å²) in [7, 11) is 0. The number of hydrogen-bond donors (Lipinski definition) is 1. The summed E-state index contributed by atoms with van der Waals surface area (Å²) >= 11 is 0. The topological polar surface area (TPSA) is 21.3 Å². The van der Waals surface area contributed by atoms with Gasteiger partial charge in [-0.05, 0) is 55.5 Å². The van der Waals surface area contributed by atoms with Gasteiger partial charge in [0.1, 0.15) is 12.4 Å². The van der Waals surface area contributed by atoms with E-state index in [0.29, 0.717) is 12.6 Å². The minimum Gasteiger partial charge on any atom is -0.488 e. The fraction of sp³-hybridized carbons (Fsp3) is 0.368. The van der Waals surface area contributed by atoms with Gasteiger partial charge in [-0.3, -0.25) is 0 Å². The zero-order chi connectivity index (χ0) is 14.7. The average molecular weight is 318 g/mol. The van der Waals surface area contributed by atoms with Gasteiger partial charge in [-0.2, -0.15) is 0 Å². The summed E-state index contributed by atoms with van der Waals surface area (Å²) in [5.74, 6) is 1.03. The quantitative estimate of drug-likeness (QED) is 0.880. The number of halogens is 1. The molecule has 0 radical (unpaired) electrons. The second-order valence-electron chi connectivity index (χ2n) is 5.91. The largest absolute Gasteiger partial charge is 0.488 e. The first-order valence-electron chi connectivity index (χ1n) is 7.75. The van der Waals surface area contributed by atoms with Crippen molar-refractivity contribution < 1.29 is 4.74 Å². The van der Waals surface area contributed by atoms with Crippen molar-refractivity contribution in [1.82, 2.24) is 5.32 Å². The summed E-state index contributed by atoms with van der Waals surface area (Å²) in [6.45, 7) is 6.05. The molecule has 1 heterocycles. The van der Waals surface area contributed by atoms with E-state index in [2.05, 4.69) is 43.4 Å². The predicted molar refractivity (Wildman–Crippen MR) is 93.9 cm³/mol. The Morgan fingerprint density at radius 2 is 1.77 bits per heavy atom. The van der Waals surface area contributed by atoms with Crippen LogP contribution in [0.25, 0.3) is 0 Å². The molecule has 1 aliphatic rings. The van der Waals surface area contributed by atoms with E-state index in [1.54, 1.807) is 0 Å². The van der Waals surface area contributed by atoms with Gasteiger partial charge in [-0.1, -0.05) is 42.5 Å². The third-order valence-electron chi connectivity index (χ3n) is 4.17. The summed E-state index contributed by atoms with van der Waals surface area (Å²) in [5.41, 5.74) is 5.07. The Hall–Kier alpha value is -1.51. The van der Waals surface area contributed by atoms with Crippen LogP contribution in [0.1, 0.15) is 41.1 Å². The Morgan fingerprint density at radius 3 is 2.36 bits per heavy atom. The van der Waals surface area contributed by atoms with Gasteiger partial charge in [-0.15, -0.1) is 12.4 Å². The van der Waals surface area contributed by atoms with Crippen LogP contribution in [0.4, 0.5) is 0 Å². The van der Waals surface area contributed by atoms with Crippen molar-refractivity contribution in [3.8, 4) is 5.75 Å². The molecule has 1 fully saturated rings. The first-order valence-corrected chi connectivity index (χ1v) is 7.75. The minimum absolute atomic E-state index is 0. The summed E-state index contributed by atoms with van der Waals surface area (Å²) < 4.78 is 6.05. The van der Waals surface area contributed by atoms with Crippen LogP contribution in [-0.4, -0.2) is 6.54 Å². The number of hydrogen-bond acceptors (Lipinski definition) is 2. The van der Waals surface area contributed by atoms with Gasteiger partial charge in [0.05, 0.1) is 0 Å². The highest BCUT2D eigenvalue weighted by atomic mass is 35.5. The molecule has 0 amide bonds. The standard InChI is InChI=1S/C19H23NO.ClH/c1-14-11-17(18-9-6-10-20-18)12-15(2)19(14)21-13-16-7-4-3-5-8-16;/h3-5,7-8,11-12,18,20H,6,9-10,13H2,1-2H3;1H/t18-;/m0./s1. The summed E-state index contributed by atoms with van der Waals surface area (Å²) in [4.78, 5) is 0. The van der Waals surface area contributed by atoms with Gasteiger partial charge >= 0.3 is 0 Å². The summed E-state index contributed by atoms with van der Waals surface area (Å²) in [6, 6.07) is 15.4. The molecule has 3 rings (SSSR count). The van der Waals surface area contributed by atoms with Crippen molar-refractivity contribution in [2.24, 2.45) is 0 Å². The molecule has 0 aromatic heterocycles. The lowest BCUT2D eigenvalue weighted by molar-refractivity contribution is 0.302. The number of benzene rings is 2. The fourth-order valence-electron chi connectivity index (χ4n) is 3.11. The first-order chi connectivity index (χ1) is 10.2. The van der Waals surface area contributed by atoms with Crippen molar-refractivity contribution in [2.75, 3.05) is 6.54 Å². The van der Waals surface area contributed by atoms with Crippen LogP contribution in [-0.2, 0) is 6.61 Å². The molecule has 0 spiro atoms. The Kier molecular flexibility index (Phi) is 5.87. The molecule has 1 aliphatic heterocycles. The van der Waals surface area contributed by atoms with Crippen LogP contribution < -0.4 is 10.1 Å². The average Bonchev–Trinajstić information content (AvgIpc) is 3.01. The fourth-order valence-corrected chi connectivity index (χ4v) is 3.11. The van der Waals surface area contributed by atoms with Gasteiger partial charge in [-0.25, -0.2) is 0 Å². The van der Waals surface area contributed by atoms with E-state index in [1.165, 1.54) is 35.1 Å². The highest BCUT2D eigenvalue weighted by molar-refractivity contribution is 5.85. The number of nitrogens with one attached hydrogen (secondary N) is 1. The molecule has 0 saturated carbocycles. The van der Waals surface area contributed by atoms with E-state index in [0.717, 1.165) is 12.3 Å². The lowest BCUT2D eigenvalue weighted by Crippen LogP contribution is -2.13. The van der Waals surface area contributed by atoms with Crippen LogP contribution in [0.3, 0.4) is 0 Å². The molecule has 0 bridgehead atoms. The van der Waals surface area contributed by atoms with Gasteiger partial charge in [0.25, 0.3) is 0 Å². The molecule has 2 nitrogen and oxygen atoms in total. The Morgan fingerprint density at radius 1 is 1.09 bits per heavy atom. The maximum absolute atomic E-state index is 6.05. The highest BCUT2D eigenvalue weighted by Crippen LogP contribution is 2.31. The number of rotatable bonds is 4. The van der Waals surface area contributed by atoms with Gasteiger partial charge in [0, 0.05) is 6.04 Å². The maximum Gasteiger partial charge on any atom is 0.125 e. The van der Waals surface area contributed by atoms with E-state index in [1.807, 2.05) is 18.2 Å². The number of ether oxygens (including phenoxy) is 1. The van der Waals surface area contributed by atoms with Crippen LogP contribution in [0, 0.1) is 13.8 Å². The minimum atomic E-state index is 0. The van der Waals surface area contributed by atoms with Crippen molar-refractivity contribution in [1.29, 1.82) is 0 Å². The monoisotopic (exact) mass is 317 g/mol. The van der Waals surface area contributed by atoms with E-state index in [9.17, 15) is 0 Å². The zero-order valence-corrected chi connectivity index (χ0v) is 14.1. The molecule has 118 valence electrons. The SMILES string of the molecule is Cc1cc([C@@H]2CCCN2)cc(C)c1OCc1ccccc1.Cl. The van der Waals surface area contributed by atoms with Gasteiger partial charge < -0.3 is 10.1 Å². The molecule has 1 N–H and O–H groups in total. The van der Waals surface area contributed by atoms with Crippen LogP contribution in [0.5, 0.6) is 5.75 Å². The van der Waals surface area contributed by atoms with Crippen LogP contribution >= 0.6 is 12.4 Å². The summed E-state index contributed by atoms with van der Waals surface area (Å²) in [5, 5.41) is 3.56. The van der Waals surface area contributed by atoms with Crippen LogP contribution in [0.15, 0.2) is 42.5 Å². The van der Waals surface area contributed by atoms with Crippen LogP contribution in [0.2, 0.25) is 0 Å². The number of aryl methyl sites for hydroxylation is 2. The van der Waals surface area contributed by atoms with E-state index >= 15 is 0 Å². The lowest BCUT2D eigenvalue weighted by Gasteiger charge is -2.17. The van der Waals surface area contributed by atoms with Crippen molar-refractivity contribution in [3.05, 3.63) is 64.7 Å². The maximum atomic E-state index is 6.05. The molecule has 3 heteroatoms. The molecular formula is C19H24ClNO. The van der Waals surface area contributed by atoms with Gasteiger partial charge in [0.15, 0.2) is 0 Å². The van der Waals surface area contributed by atoms with Gasteiger partial charge in [0.2, 0.25) is 0 Å². The smallest absolute Gasteiger partial charge is 0.125 e. The predicted octanol–water partition coefficient (Wildman–Crippen LogP) is 4.73. The van der Waals surface area contributed by atoms with Crippen molar-refractivity contribution in [2.45, 2.75) is 39.3 Å². The lowest BCUT2D eigenvalue weighted by atomic mass is 9.99. The summed E-state index contributed by atoms with van der Waals surface area (Å²) in [6.07, 6.45) is 2.51. The van der Waals surface area contributed by atoms with Crippen molar-refractivity contribution >= 4 is 12.4 Å². The molecule has 2 aromatic rings. The second kappa shape index (κ2) is 7.66. The molecule has 1 atom stereocenters. The molecule has 22 heavy (non-hydrogen) atoms. The Balaban J connectivity index is 0.00000176. The van der Waals surface area contributed by atoms with E-state index in [4.69, 9.17) is 4.74 Å². The van der Waals surface area contributed by atoms with E-state index in [-0.39, 0.29) is 12.4 Å². The third kappa shape index (κ3) is 3.82. The Bertz CT molecular complexity index is 583. The molecule has 0 aliphatic carbocycles. The molecule has 2 aromatic carbocycles. The molecule has 1 saturated heterocycles. The normalized spacial score (nSPS) is 17.1. The highest BCUT2D eigenvalue weighted by Gasteiger charge is 2.18. The Labute approximate surface area is 139 Å².